The van der Waals surface area contributed by atoms with Crippen LogP contribution in [-0.2, 0) is 0 Å². The fourth-order valence-electron chi connectivity index (χ4n) is 4.44. The van der Waals surface area contributed by atoms with Crippen LogP contribution in [0.3, 0.4) is 0 Å². The van der Waals surface area contributed by atoms with Gasteiger partial charge in [-0.25, -0.2) is 0 Å². The lowest BCUT2D eigenvalue weighted by Crippen LogP contribution is -2.38. The van der Waals surface area contributed by atoms with Crippen LogP contribution >= 0.6 is 11.3 Å². The van der Waals surface area contributed by atoms with E-state index in [1.807, 2.05) is 12.1 Å². The van der Waals surface area contributed by atoms with Crippen LogP contribution in [0, 0.1) is 17.8 Å². The van der Waals surface area contributed by atoms with Crippen LogP contribution in [0.25, 0.3) is 10.1 Å². The second-order valence-electron chi connectivity index (χ2n) is 7.04. The zero-order chi connectivity index (χ0) is 15.3. The van der Waals surface area contributed by atoms with Gasteiger partial charge in [-0.1, -0.05) is 38.5 Å². The van der Waals surface area contributed by atoms with Crippen LogP contribution in [-0.4, -0.2) is 23.4 Å². The van der Waals surface area contributed by atoms with E-state index < -0.39 is 0 Å². The lowest BCUT2D eigenvalue weighted by molar-refractivity contribution is 0.0703. The number of hydrogen-bond acceptors (Lipinski definition) is 2. The van der Waals surface area contributed by atoms with Gasteiger partial charge in [-0.05, 0) is 48.1 Å². The highest BCUT2D eigenvalue weighted by Crippen LogP contribution is 2.44. The topological polar surface area (TPSA) is 20.3 Å². The summed E-state index contributed by atoms with van der Waals surface area (Å²) in [5.74, 6) is 2.45. The summed E-state index contributed by atoms with van der Waals surface area (Å²) >= 11 is 1.64. The van der Waals surface area contributed by atoms with Crippen molar-refractivity contribution < 1.29 is 4.79 Å². The maximum atomic E-state index is 13.0. The second kappa shape index (κ2) is 5.38. The summed E-state index contributed by atoms with van der Waals surface area (Å²) in [6, 6.07) is 10.8. The van der Waals surface area contributed by atoms with Gasteiger partial charge in [0.1, 0.15) is 0 Å². The molecule has 22 heavy (non-hydrogen) atoms. The number of hydrogen-bond donors (Lipinski definition) is 0. The van der Waals surface area contributed by atoms with Gasteiger partial charge in [-0.15, -0.1) is 11.3 Å². The van der Waals surface area contributed by atoms with E-state index in [0.29, 0.717) is 17.9 Å². The summed E-state index contributed by atoms with van der Waals surface area (Å²) in [6.45, 7) is 5.60. The van der Waals surface area contributed by atoms with Crippen molar-refractivity contribution in [1.82, 2.24) is 4.90 Å². The molecule has 2 fully saturated rings. The van der Waals surface area contributed by atoms with Gasteiger partial charge in [0.15, 0.2) is 0 Å². The van der Waals surface area contributed by atoms with Crippen LogP contribution < -0.4 is 0 Å². The number of amides is 1. The van der Waals surface area contributed by atoms with Crippen molar-refractivity contribution in [2.24, 2.45) is 17.8 Å². The molecule has 2 aliphatic rings. The lowest BCUT2D eigenvalue weighted by Gasteiger charge is -2.33. The van der Waals surface area contributed by atoms with Crippen LogP contribution in [0.2, 0.25) is 0 Å². The molecule has 1 aliphatic heterocycles. The summed E-state index contributed by atoms with van der Waals surface area (Å²) in [5.41, 5.74) is 0. The third-order valence-corrected chi connectivity index (χ3v) is 6.97. The molecule has 0 N–H and O–H groups in total. The Labute approximate surface area is 136 Å². The average molecular weight is 313 g/mol. The Morgan fingerprint density at radius 1 is 1.32 bits per heavy atom. The molecule has 3 heteroatoms. The predicted octanol–water partition coefficient (Wildman–Crippen LogP) is 4.80. The van der Waals surface area contributed by atoms with E-state index in [9.17, 15) is 4.79 Å². The van der Waals surface area contributed by atoms with Crippen molar-refractivity contribution in [3.8, 4) is 0 Å². The number of nitrogens with zero attached hydrogens (tertiary/aromatic N) is 1. The van der Waals surface area contributed by atoms with Crippen molar-refractivity contribution in [2.45, 2.75) is 39.2 Å². The van der Waals surface area contributed by atoms with Crippen LogP contribution in [0.4, 0.5) is 0 Å². The standard InChI is InChI=1S/C19H23NOS/c1-3-13-8-15-11-20(16(9-13)12(15)2)19(21)18-10-14-6-4-5-7-17(14)22-18/h4-7,10,12-13,15-16H,3,8-9,11H2,1-2H3/t12-,13+,15-,16-/m1/s1. The molecule has 2 heterocycles. The normalized spacial score (nSPS) is 30.9. The molecule has 1 aromatic carbocycles. The van der Waals surface area contributed by atoms with Gasteiger partial charge in [0.25, 0.3) is 5.91 Å². The van der Waals surface area contributed by atoms with Crippen LogP contribution in [0.15, 0.2) is 30.3 Å². The molecule has 2 bridgehead atoms. The summed E-state index contributed by atoms with van der Waals surface area (Å²) in [7, 11) is 0. The van der Waals surface area contributed by atoms with Crippen molar-refractivity contribution >= 4 is 27.3 Å². The SMILES string of the molecule is CC[C@H]1C[C@@H]2CN(C(=O)c3cc4ccccc4s3)[C@H](C1)[C@@H]2C. The zero-order valence-electron chi connectivity index (χ0n) is 13.3. The molecule has 0 radical (unpaired) electrons. The largest absolute Gasteiger partial charge is 0.334 e. The summed E-state index contributed by atoms with van der Waals surface area (Å²) in [4.78, 5) is 16.1. The highest BCUT2D eigenvalue weighted by atomic mass is 32.1. The molecule has 2 aromatic rings. The minimum absolute atomic E-state index is 0.261. The van der Waals surface area contributed by atoms with Crippen molar-refractivity contribution in [2.75, 3.05) is 6.54 Å². The van der Waals surface area contributed by atoms with Crippen molar-refractivity contribution in [1.29, 1.82) is 0 Å². The Bertz CT molecular complexity index is 673. The molecule has 4 atom stereocenters. The highest BCUT2D eigenvalue weighted by molar-refractivity contribution is 7.20. The van der Waals surface area contributed by atoms with Gasteiger partial charge >= 0.3 is 0 Å². The molecule has 1 saturated heterocycles. The smallest absolute Gasteiger partial charge is 0.264 e. The Balaban J connectivity index is 1.63. The second-order valence-corrected chi connectivity index (χ2v) is 8.12. The number of carbonyl (C=O) groups excluding carboxylic acids is 1. The number of benzene rings is 1. The van der Waals surface area contributed by atoms with Gasteiger partial charge < -0.3 is 4.90 Å². The molecule has 0 unspecified atom stereocenters. The summed E-state index contributed by atoms with van der Waals surface area (Å²) in [5, 5.41) is 1.19. The number of likely N-dealkylation sites (tertiary alicyclic amines) is 1. The monoisotopic (exact) mass is 313 g/mol. The van der Waals surface area contributed by atoms with Gasteiger partial charge in [-0.3, -0.25) is 4.79 Å². The molecule has 0 spiro atoms. The minimum Gasteiger partial charge on any atom is -0.334 e. The number of thiophene rings is 1. The molecule has 1 aliphatic carbocycles. The van der Waals surface area contributed by atoms with Gasteiger partial charge in [0.2, 0.25) is 0 Å². The van der Waals surface area contributed by atoms with E-state index in [4.69, 9.17) is 0 Å². The van der Waals surface area contributed by atoms with E-state index in [2.05, 4.69) is 36.9 Å². The first kappa shape index (κ1) is 14.3. The number of carbonyl (C=O) groups is 1. The lowest BCUT2D eigenvalue weighted by atomic mass is 9.74. The third-order valence-electron chi connectivity index (χ3n) is 5.87. The Kier molecular flexibility index (Phi) is 3.48. The minimum atomic E-state index is 0.261. The third kappa shape index (κ3) is 2.18. The Morgan fingerprint density at radius 3 is 2.91 bits per heavy atom. The first-order valence-corrected chi connectivity index (χ1v) is 9.28. The number of rotatable bonds is 2. The van der Waals surface area contributed by atoms with E-state index in [1.165, 1.54) is 29.3 Å². The van der Waals surface area contributed by atoms with E-state index >= 15 is 0 Å². The first-order valence-electron chi connectivity index (χ1n) is 8.47. The van der Waals surface area contributed by atoms with E-state index in [1.54, 1.807) is 11.3 Å². The molecular weight excluding hydrogens is 290 g/mol. The highest BCUT2D eigenvalue weighted by Gasteiger charge is 2.46. The average Bonchev–Trinajstić information content (AvgIpc) is 3.02. The van der Waals surface area contributed by atoms with Crippen LogP contribution in [0.5, 0.6) is 0 Å². The number of fused-ring (bicyclic) bond motifs is 3. The van der Waals surface area contributed by atoms with Crippen molar-refractivity contribution in [3.05, 3.63) is 35.2 Å². The maximum absolute atomic E-state index is 13.0. The maximum Gasteiger partial charge on any atom is 0.264 e. The zero-order valence-corrected chi connectivity index (χ0v) is 14.1. The van der Waals surface area contributed by atoms with Crippen LogP contribution in [0.1, 0.15) is 42.8 Å². The summed E-state index contributed by atoms with van der Waals surface area (Å²) in [6.07, 6.45) is 3.76. The molecule has 1 aromatic heterocycles. The first-order chi connectivity index (χ1) is 10.7. The summed E-state index contributed by atoms with van der Waals surface area (Å²) < 4.78 is 1.22. The van der Waals surface area contributed by atoms with Crippen molar-refractivity contribution in [3.63, 3.8) is 0 Å². The van der Waals surface area contributed by atoms with Gasteiger partial charge in [0.05, 0.1) is 4.88 Å². The molecule has 1 saturated carbocycles. The Morgan fingerprint density at radius 2 is 2.14 bits per heavy atom. The van der Waals surface area contributed by atoms with E-state index in [-0.39, 0.29) is 5.91 Å². The molecule has 2 nitrogen and oxygen atoms in total. The van der Waals surface area contributed by atoms with Gasteiger partial charge in [-0.2, -0.15) is 0 Å². The fourth-order valence-corrected chi connectivity index (χ4v) is 5.46. The molecule has 1 amide bonds. The molecule has 116 valence electrons. The molecule has 4 rings (SSSR count). The quantitative estimate of drug-likeness (QED) is 0.780. The predicted molar refractivity (Wildman–Crippen MR) is 92.3 cm³/mol. The Hall–Kier alpha value is -1.35. The fraction of sp³-hybridized carbons (Fsp3) is 0.526. The molecular formula is C19H23NOS. The van der Waals surface area contributed by atoms with Gasteiger partial charge in [0, 0.05) is 17.3 Å². The van der Waals surface area contributed by atoms with E-state index in [0.717, 1.165) is 17.3 Å².